The molecule has 3 nitrogen and oxygen atoms in total. The van der Waals surface area contributed by atoms with E-state index in [0.29, 0.717) is 0 Å². The van der Waals surface area contributed by atoms with Gasteiger partial charge in [0.15, 0.2) is 0 Å². The summed E-state index contributed by atoms with van der Waals surface area (Å²) in [7, 11) is 0. The fraction of sp³-hybridized carbons (Fsp3) is 0.125. The highest BCUT2D eigenvalue weighted by molar-refractivity contribution is 6.05. The van der Waals surface area contributed by atoms with Gasteiger partial charge in [0.2, 0.25) is 6.33 Å². The lowest BCUT2D eigenvalue weighted by Crippen LogP contribution is -3.00. The molecule has 0 aliphatic rings. The van der Waals surface area contributed by atoms with Crippen LogP contribution in [-0.2, 0) is 6.54 Å². The minimum absolute atomic E-state index is 0. The van der Waals surface area contributed by atoms with Crippen LogP contribution >= 0.6 is 0 Å². The molecule has 0 saturated carbocycles. The quantitative estimate of drug-likeness (QED) is 0.399. The van der Waals surface area contributed by atoms with Gasteiger partial charge in [-0.1, -0.05) is 54.6 Å². The molecule has 2 aromatic heterocycles. The Bertz CT molecular complexity index is 1220. The molecule has 0 fully saturated rings. The average Bonchev–Trinajstić information content (AvgIpc) is 3.32. The Labute approximate surface area is 174 Å². The second kappa shape index (κ2) is 7.64. The van der Waals surface area contributed by atoms with Crippen LogP contribution in [0.1, 0.15) is 24.1 Å². The Hall–Kier alpha value is -2.85. The number of benzene rings is 3. The first-order valence-electron chi connectivity index (χ1n) is 9.29. The number of halogens is 1. The van der Waals surface area contributed by atoms with Gasteiger partial charge in [0.1, 0.15) is 36.1 Å². The minimum Gasteiger partial charge on any atom is -1.00 e. The van der Waals surface area contributed by atoms with Crippen molar-refractivity contribution in [2.45, 2.75) is 19.5 Å². The molecule has 28 heavy (non-hydrogen) atoms. The Morgan fingerprint density at radius 2 is 1.64 bits per heavy atom. The molecule has 0 aliphatic heterocycles. The van der Waals surface area contributed by atoms with Gasteiger partial charge < -0.3 is 21.4 Å². The summed E-state index contributed by atoms with van der Waals surface area (Å²) in [5, 5.41) is 2.35. The van der Waals surface area contributed by atoms with Crippen LogP contribution in [0.4, 0.5) is 0 Å². The maximum atomic E-state index is 5.95. The van der Waals surface area contributed by atoms with Crippen LogP contribution in [-0.4, -0.2) is 4.57 Å². The standard InChI is InChI=1S/C24H21N2O.BrH/c1-18(26-14-13-25(17-26)16-19-7-3-2-4-8-19)20-11-12-24-22(15-20)21-9-5-6-10-23(21)27-24;/h2-15,17-18H,16H2,1H3;1H/q+1;/p-1. The molecule has 3 aromatic carbocycles. The van der Waals surface area contributed by atoms with Crippen LogP contribution in [0, 0.1) is 0 Å². The van der Waals surface area contributed by atoms with E-state index in [4.69, 9.17) is 4.42 Å². The third-order valence-corrected chi connectivity index (χ3v) is 5.25. The number of nitrogens with zero attached hydrogens (tertiary/aromatic N) is 2. The summed E-state index contributed by atoms with van der Waals surface area (Å²) < 4.78 is 10.4. The van der Waals surface area contributed by atoms with Gasteiger partial charge in [0.05, 0.1) is 0 Å². The van der Waals surface area contributed by atoms with E-state index in [-0.39, 0.29) is 23.0 Å². The van der Waals surface area contributed by atoms with Gasteiger partial charge in [-0.05, 0) is 36.2 Å². The van der Waals surface area contributed by atoms with E-state index in [0.717, 1.165) is 17.7 Å². The molecule has 0 aliphatic carbocycles. The van der Waals surface area contributed by atoms with Crippen molar-refractivity contribution in [3.63, 3.8) is 0 Å². The summed E-state index contributed by atoms with van der Waals surface area (Å²) in [5.74, 6) is 0. The summed E-state index contributed by atoms with van der Waals surface area (Å²) in [6.07, 6.45) is 6.45. The van der Waals surface area contributed by atoms with Crippen molar-refractivity contribution in [1.82, 2.24) is 4.57 Å². The van der Waals surface area contributed by atoms with Gasteiger partial charge in [0.25, 0.3) is 0 Å². The molecule has 140 valence electrons. The van der Waals surface area contributed by atoms with Gasteiger partial charge in [-0.25, -0.2) is 9.13 Å². The highest BCUT2D eigenvalue weighted by Gasteiger charge is 2.16. The highest BCUT2D eigenvalue weighted by atomic mass is 79.9. The minimum atomic E-state index is 0. The SMILES string of the molecule is CC(c1ccc2oc3ccccc3c2c1)n1cc[n+](Cc2ccccc2)c1.[Br-]. The van der Waals surface area contributed by atoms with Gasteiger partial charge >= 0.3 is 0 Å². The van der Waals surface area contributed by atoms with E-state index in [2.05, 4.69) is 95.4 Å². The number of rotatable bonds is 4. The summed E-state index contributed by atoms with van der Waals surface area (Å²) in [6.45, 7) is 3.11. The molecule has 1 unspecified atom stereocenters. The second-order valence-corrected chi connectivity index (χ2v) is 7.05. The Morgan fingerprint density at radius 1 is 0.893 bits per heavy atom. The van der Waals surface area contributed by atoms with Gasteiger partial charge in [-0.3, -0.25) is 0 Å². The third-order valence-electron chi connectivity index (χ3n) is 5.25. The second-order valence-electron chi connectivity index (χ2n) is 7.05. The van der Waals surface area contributed by atoms with Crippen LogP contribution < -0.4 is 21.5 Å². The van der Waals surface area contributed by atoms with Crippen molar-refractivity contribution >= 4 is 21.9 Å². The van der Waals surface area contributed by atoms with Crippen molar-refractivity contribution in [3.05, 3.63) is 103 Å². The number of hydrogen-bond donors (Lipinski definition) is 0. The van der Waals surface area contributed by atoms with E-state index in [1.54, 1.807) is 0 Å². The van der Waals surface area contributed by atoms with Crippen molar-refractivity contribution < 1.29 is 26.0 Å². The maximum Gasteiger partial charge on any atom is 0.244 e. The van der Waals surface area contributed by atoms with E-state index in [1.807, 2.05) is 12.1 Å². The highest BCUT2D eigenvalue weighted by Crippen LogP contribution is 2.31. The molecular weight excluding hydrogens is 412 g/mol. The smallest absolute Gasteiger partial charge is 0.244 e. The molecular formula is C24H21BrN2O. The predicted molar refractivity (Wildman–Crippen MR) is 108 cm³/mol. The number of aromatic nitrogens is 2. The molecule has 0 N–H and O–H groups in total. The Morgan fingerprint density at radius 3 is 2.50 bits per heavy atom. The van der Waals surface area contributed by atoms with Gasteiger partial charge in [-0.2, -0.15) is 0 Å². The zero-order valence-electron chi connectivity index (χ0n) is 15.6. The summed E-state index contributed by atoms with van der Waals surface area (Å²) in [5.41, 5.74) is 4.47. The lowest BCUT2D eigenvalue weighted by molar-refractivity contribution is -0.687. The number of furan rings is 1. The zero-order chi connectivity index (χ0) is 18.2. The van der Waals surface area contributed by atoms with E-state index >= 15 is 0 Å². The first-order valence-corrected chi connectivity index (χ1v) is 9.29. The Kier molecular flexibility index (Phi) is 5.05. The number of para-hydroxylation sites is 1. The van der Waals surface area contributed by atoms with Crippen molar-refractivity contribution in [3.8, 4) is 0 Å². The molecule has 5 aromatic rings. The van der Waals surface area contributed by atoms with Crippen LogP contribution in [0.15, 0.2) is 95.9 Å². The van der Waals surface area contributed by atoms with E-state index < -0.39 is 0 Å². The topological polar surface area (TPSA) is 21.9 Å². The van der Waals surface area contributed by atoms with Crippen molar-refractivity contribution in [1.29, 1.82) is 0 Å². The van der Waals surface area contributed by atoms with E-state index in [1.165, 1.54) is 21.9 Å². The molecule has 0 amide bonds. The van der Waals surface area contributed by atoms with Crippen LogP contribution in [0.25, 0.3) is 21.9 Å². The van der Waals surface area contributed by atoms with Crippen LogP contribution in [0.5, 0.6) is 0 Å². The first-order chi connectivity index (χ1) is 13.3. The van der Waals surface area contributed by atoms with Crippen LogP contribution in [0.3, 0.4) is 0 Å². The molecule has 0 radical (unpaired) electrons. The lowest BCUT2D eigenvalue weighted by Gasteiger charge is -2.08. The molecule has 0 saturated heterocycles. The fourth-order valence-electron chi connectivity index (χ4n) is 3.70. The zero-order valence-corrected chi connectivity index (χ0v) is 17.2. The largest absolute Gasteiger partial charge is 1.00 e. The Balaban J connectivity index is 0.00000192. The molecule has 4 heteroatoms. The number of imidazole rings is 1. The summed E-state index contributed by atoms with van der Waals surface area (Å²) >= 11 is 0. The van der Waals surface area contributed by atoms with E-state index in [9.17, 15) is 0 Å². The van der Waals surface area contributed by atoms with Crippen molar-refractivity contribution in [2.24, 2.45) is 0 Å². The first kappa shape index (κ1) is 18.5. The molecule has 0 bridgehead atoms. The summed E-state index contributed by atoms with van der Waals surface area (Å²) in [6, 6.07) is 25.5. The summed E-state index contributed by atoms with van der Waals surface area (Å²) in [4.78, 5) is 0. The van der Waals surface area contributed by atoms with Gasteiger partial charge in [0, 0.05) is 10.8 Å². The predicted octanol–water partition coefficient (Wildman–Crippen LogP) is 2.34. The molecule has 2 heterocycles. The van der Waals surface area contributed by atoms with Gasteiger partial charge in [-0.15, -0.1) is 0 Å². The number of fused-ring (bicyclic) bond motifs is 3. The average molecular weight is 433 g/mol. The maximum absolute atomic E-state index is 5.95. The van der Waals surface area contributed by atoms with Crippen LogP contribution in [0.2, 0.25) is 0 Å². The number of hydrogen-bond acceptors (Lipinski definition) is 1. The molecule has 1 atom stereocenters. The lowest BCUT2D eigenvalue weighted by atomic mass is 10.0. The fourth-order valence-corrected chi connectivity index (χ4v) is 3.70. The third kappa shape index (κ3) is 3.36. The molecule has 0 spiro atoms. The van der Waals surface area contributed by atoms with Crippen molar-refractivity contribution in [2.75, 3.05) is 0 Å². The monoisotopic (exact) mass is 432 g/mol. The molecule has 5 rings (SSSR count). The normalized spacial score (nSPS) is 12.2.